The number of halogens is 1. The molecule has 1 rings (SSSR count). The second-order valence-corrected chi connectivity index (χ2v) is 4.61. The molecular weight excluding hydrogens is 234 g/mol. The van der Waals surface area contributed by atoms with E-state index in [9.17, 15) is 4.79 Å². The van der Waals surface area contributed by atoms with Crippen LogP contribution in [0.25, 0.3) is 0 Å². The van der Waals surface area contributed by atoms with Crippen LogP contribution in [0, 0.1) is 5.92 Å². The number of carbonyl (C=O) groups excluding carboxylic acids is 1. The zero-order valence-electron chi connectivity index (χ0n) is 8.95. The van der Waals surface area contributed by atoms with Crippen LogP contribution in [-0.4, -0.2) is 35.2 Å². The van der Waals surface area contributed by atoms with E-state index in [-0.39, 0.29) is 11.8 Å². The molecule has 1 aromatic heterocycles. The van der Waals surface area contributed by atoms with Crippen LogP contribution in [0.4, 0.5) is 5.69 Å². The molecule has 0 saturated heterocycles. The molecule has 0 aromatic carbocycles. The van der Waals surface area contributed by atoms with Gasteiger partial charge in [-0.2, -0.15) is 16.9 Å². The van der Waals surface area contributed by atoms with E-state index in [1.807, 2.05) is 13.2 Å². The second kappa shape index (κ2) is 5.42. The molecule has 0 aliphatic heterocycles. The Labute approximate surface area is 98.4 Å². The van der Waals surface area contributed by atoms with Gasteiger partial charge in [-0.05, 0) is 6.26 Å². The van der Waals surface area contributed by atoms with E-state index in [1.165, 1.54) is 4.90 Å². The summed E-state index contributed by atoms with van der Waals surface area (Å²) in [6, 6.07) is 0. The SMILES string of the molecule is CSCC(C)C(=O)N(C)c1cn[nH]c1Cl. The number of hydrogen-bond donors (Lipinski definition) is 1. The van der Waals surface area contributed by atoms with Crippen molar-refractivity contribution < 1.29 is 4.79 Å². The number of amides is 1. The summed E-state index contributed by atoms with van der Waals surface area (Å²) in [5, 5.41) is 6.76. The smallest absolute Gasteiger partial charge is 0.230 e. The number of thioether (sulfide) groups is 1. The highest BCUT2D eigenvalue weighted by Crippen LogP contribution is 2.23. The lowest BCUT2D eigenvalue weighted by Gasteiger charge is -2.19. The van der Waals surface area contributed by atoms with Gasteiger partial charge in [0, 0.05) is 18.7 Å². The third kappa shape index (κ3) is 2.89. The molecule has 1 heterocycles. The number of anilines is 1. The van der Waals surface area contributed by atoms with Crippen molar-refractivity contribution in [2.45, 2.75) is 6.92 Å². The van der Waals surface area contributed by atoms with Crippen molar-refractivity contribution in [1.29, 1.82) is 0 Å². The highest BCUT2D eigenvalue weighted by atomic mass is 35.5. The van der Waals surface area contributed by atoms with Crippen LogP contribution < -0.4 is 4.90 Å². The standard InChI is InChI=1S/C9H14ClN3OS/c1-6(5-15-3)9(14)13(2)7-4-11-12-8(7)10/h4,6H,5H2,1-3H3,(H,11,12). The van der Waals surface area contributed by atoms with E-state index in [4.69, 9.17) is 11.6 Å². The van der Waals surface area contributed by atoms with Gasteiger partial charge in [0.15, 0.2) is 0 Å². The van der Waals surface area contributed by atoms with Gasteiger partial charge in [0.1, 0.15) is 10.8 Å². The van der Waals surface area contributed by atoms with Crippen molar-refractivity contribution in [3.05, 3.63) is 11.3 Å². The van der Waals surface area contributed by atoms with Gasteiger partial charge < -0.3 is 4.90 Å². The predicted octanol–water partition coefficient (Wildman–Crippen LogP) is 2.02. The summed E-state index contributed by atoms with van der Waals surface area (Å²) in [6.45, 7) is 1.91. The fourth-order valence-corrected chi connectivity index (χ4v) is 2.14. The van der Waals surface area contributed by atoms with Crippen molar-refractivity contribution >= 4 is 35.0 Å². The van der Waals surface area contributed by atoms with Gasteiger partial charge in [0.2, 0.25) is 5.91 Å². The predicted molar refractivity (Wildman–Crippen MR) is 64.6 cm³/mol. The van der Waals surface area contributed by atoms with Crippen molar-refractivity contribution in [2.75, 3.05) is 24.0 Å². The Balaban J connectivity index is 2.73. The molecule has 0 radical (unpaired) electrons. The molecule has 1 amide bonds. The zero-order chi connectivity index (χ0) is 11.4. The fraction of sp³-hybridized carbons (Fsp3) is 0.556. The normalized spacial score (nSPS) is 12.5. The van der Waals surface area contributed by atoms with Gasteiger partial charge in [-0.15, -0.1) is 0 Å². The summed E-state index contributed by atoms with van der Waals surface area (Å²) in [7, 11) is 1.70. The van der Waals surface area contributed by atoms with E-state index >= 15 is 0 Å². The lowest BCUT2D eigenvalue weighted by Crippen LogP contribution is -2.32. The first-order chi connectivity index (χ1) is 7.07. The van der Waals surface area contributed by atoms with Gasteiger partial charge in [-0.25, -0.2) is 0 Å². The molecular formula is C9H14ClN3OS. The lowest BCUT2D eigenvalue weighted by atomic mass is 10.2. The molecule has 1 N–H and O–H groups in total. The summed E-state index contributed by atoms with van der Waals surface area (Å²) < 4.78 is 0. The Hall–Kier alpha value is -0.680. The van der Waals surface area contributed by atoms with Crippen LogP contribution in [0.15, 0.2) is 6.20 Å². The zero-order valence-corrected chi connectivity index (χ0v) is 10.5. The van der Waals surface area contributed by atoms with Crippen molar-refractivity contribution in [3.8, 4) is 0 Å². The molecule has 0 fully saturated rings. The highest BCUT2D eigenvalue weighted by molar-refractivity contribution is 7.98. The molecule has 6 heteroatoms. The summed E-state index contributed by atoms with van der Waals surface area (Å²) in [5.41, 5.74) is 0.620. The van der Waals surface area contributed by atoms with Crippen LogP contribution in [-0.2, 0) is 4.79 Å². The average molecular weight is 248 g/mol. The van der Waals surface area contributed by atoms with E-state index in [0.29, 0.717) is 10.8 Å². The molecule has 1 unspecified atom stereocenters. The summed E-state index contributed by atoms with van der Waals surface area (Å²) in [6.07, 6.45) is 3.53. The van der Waals surface area contributed by atoms with Crippen molar-refractivity contribution in [2.24, 2.45) is 5.92 Å². The number of aromatic nitrogens is 2. The third-order valence-corrected chi connectivity index (χ3v) is 3.22. The van der Waals surface area contributed by atoms with Crippen LogP contribution >= 0.6 is 23.4 Å². The number of aromatic amines is 1. The number of nitrogens with zero attached hydrogens (tertiary/aromatic N) is 2. The molecule has 84 valence electrons. The second-order valence-electron chi connectivity index (χ2n) is 3.32. The first-order valence-electron chi connectivity index (χ1n) is 4.53. The van der Waals surface area contributed by atoms with Gasteiger partial charge in [-0.1, -0.05) is 18.5 Å². The van der Waals surface area contributed by atoms with E-state index in [2.05, 4.69) is 10.2 Å². The molecule has 0 bridgehead atoms. The molecule has 1 atom stereocenters. The van der Waals surface area contributed by atoms with E-state index in [0.717, 1.165) is 5.75 Å². The molecule has 0 aliphatic carbocycles. The summed E-state index contributed by atoms with van der Waals surface area (Å²) in [4.78, 5) is 13.4. The fourth-order valence-electron chi connectivity index (χ4n) is 1.27. The Morgan fingerprint density at radius 3 is 2.93 bits per heavy atom. The third-order valence-electron chi connectivity index (χ3n) is 2.10. The minimum absolute atomic E-state index is 0.0176. The monoisotopic (exact) mass is 247 g/mol. The number of carbonyl (C=O) groups is 1. The quantitative estimate of drug-likeness (QED) is 0.886. The molecule has 0 aliphatic rings. The lowest BCUT2D eigenvalue weighted by molar-refractivity contribution is -0.120. The van der Waals surface area contributed by atoms with E-state index < -0.39 is 0 Å². The number of hydrogen-bond acceptors (Lipinski definition) is 3. The topological polar surface area (TPSA) is 49.0 Å². The van der Waals surface area contributed by atoms with E-state index in [1.54, 1.807) is 25.0 Å². The highest BCUT2D eigenvalue weighted by Gasteiger charge is 2.20. The molecule has 15 heavy (non-hydrogen) atoms. The molecule has 0 spiro atoms. The van der Waals surface area contributed by atoms with Gasteiger partial charge in [-0.3, -0.25) is 9.89 Å². The van der Waals surface area contributed by atoms with Crippen molar-refractivity contribution in [3.63, 3.8) is 0 Å². The van der Waals surface area contributed by atoms with Crippen LogP contribution in [0.2, 0.25) is 5.15 Å². The Bertz CT molecular complexity index is 342. The molecule has 0 saturated carbocycles. The average Bonchev–Trinajstić information content (AvgIpc) is 2.62. The first kappa shape index (κ1) is 12.4. The largest absolute Gasteiger partial charge is 0.311 e. The van der Waals surface area contributed by atoms with Gasteiger partial charge in [0.25, 0.3) is 0 Å². The van der Waals surface area contributed by atoms with Gasteiger partial charge >= 0.3 is 0 Å². The van der Waals surface area contributed by atoms with Crippen molar-refractivity contribution in [1.82, 2.24) is 10.2 Å². The Morgan fingerprint density at radius 1 is 1.80 bits per heavy atom. The minimum Gasteiger partial charge on any atom is -0.311 e. The number of H-pyrrole nitrogens is 1. The van der Waals surface area contributed by atoms with Crippen LogP contribution in [0.1, 0.15) is 6.92 Å². The summed E-state index contributed by atoms with van der Waals surface area (Å²) >= 11 is 7.50. The molecule has 1 aromatic rings. The number of nitrogens with one attached hydrogen (secondary N) is 1. The van der Waals surface area contributed by atoms with Crippen LogP contribution in [0.3, 0.4) is 0 Å². The maximum atomic E-state index is 11.9. The van der Waals surface area contributed by atoms with Gasteiger partial charge in [0.05, 0.1) is 6.20 Å². The Morgan fingerprint density at radius 2 is 2.47 bits per heavy atom. The number of rotatable bonds is 4. The maximum Gasteiger partial charge on any atom is 0.230 e. The maximum absolute atomic E-state index is 11.9. The molecule has 4 nitrogen and oxygen atoms in total. The minimum atomic E-state index is -0.0176. The Kier molecular flexibility index (Phi) is 4.47. The van der Waals surface area contributed by atoms with Crippen LogP contribution in [0.5, 0.6) is 0 Å². The first-order valence-corrected chi connectivity index (χ1v) is 6.30. The summed E-state index contributed by atoms with van der Waals surface area (Å²) in [5.74, 6) is 0.835.